The maximum Gasteiger partial charge on any atom is 0.100 e. The lowest BCUT2D eigenvalue weighted by Gasteiger charge is -2.15. The predicted molar refractivity (Wildman–Crippen MR) is 66.9 cm³/mol. The lowest BCUT2D eigenvalue weighted by Crippen LogP contribution is -2.16. The first-order chi connectivity index (χ1) is 8.45. The van der Waals surface area contributed by atoms with Crippen molar-refractivity contribution < 1.29 is 0 Å². The Morgan fingerprint density at radius 3 is 3.18 bits per heavy atom. The van der Waals surface area contributed by atoms with E-state index in [-0.39, 0.29) is 0 Å². The molecule has 17 heavy (non-hydrogen) atoms. The molecule has 0 radical (unpaired) electrons. The van der Waals surface area contributed by atoms with Crippen molar-refractivity contribution in [2.24, 2.45) is 0 Å². The van der Waals surface area contributed by atoms with Crippen LogP contribution in [0.2, 0.25) is 0 Å². The van der Waals surface area contributed by atoms with Crippen LogP contribution in [-0.4, -0.2) is 33.1 Å². The number of nitrogens with one attached hydrogen (secondary N) is 1. The molecule has 90 valence electrons. The summed E-state index contributed by atoms with van der Waals surface area (Å²) in [5, 5.41) is 11.7. The molecule has 2 aromatic heterocycles. The van der Waals surface area contributed by atoms with Crippen LogP contribution < -0.4 is 5.32 Å². The summed E-state index contributed by atoms with van der Waals surface area (Å²) in [5.74, 6) is 0. The van der Waals surface area contributed by atoms with Crippen LogP contribution >= 0.6 is 11.3 Å². The maximum absolute atomic E-state index is 4.26. The molecule has 5 nitrogen and oxygen atoms in total. The highest BCUT2D eigenvalue weighted by Crippen LogP contribution is 2.28. The second kappa shape index (κ2) is 4.93. The standard InChI is InChI=1S/C11H15N5S/c1-2-9(3-5-12-4-1)16-10(6-14-15-16)11-7-13-8-17-11/h6-9,12H,1-5H2. The third kappa shape index (κ3) is 2.23. The van der Waals surface area contributed by atoms with E-state index in [0.717, 1.165) is 30.1 Å². The van der Waals surface area contributed by atoms with Gasteiger partial charge in [0.25, 0.3) is 0 Å². The molecule has 3 heterocycles. The second-order valence-corrected chi connectivity index (χ2v) is 5.15. The second-order valence-electron chi connectivity index (χ2n) is 4.26. The summed E-state index contributed by atoms with van der Waals surface area (Å²) in [5.41, 5.74) is 2.95. The van der Waals surface area contributed by atoms with Gasteiger partial charge in [-0.3, -0.25) is 4.98 Å². The van der Waals surface area contributed by atoms with E-state index in [4.69, 9.17) is 0 Å². The highest BCUT2D eigenvalue weighted by Gasteiger charge is 2.19. The van der Waals surface area contributed by atoms with E-state index >= 15 is 0 Å². The highest BCUT2D eigenvalue weighted by atomic mass is 32.1. The van der Waals surface area contributed by atoms with E-state index in [9.17, 15) is 0 Å². The van der Waals surface area contributed by atoms with Crippen LogP contribution in [0.4, 0.5) is 0 Å². The first-order valence-corrected chi connectivity index (χ1v) is 6.83. The van der Waals surface area contributed by atoms with Crippen LogP contribution in [0.1, 0.15) is 25.3 Å². The molecule has 1 aliphatic rings. The SMILES string of the molecule is c1ncc(-c2cnnn2C2CCCNCC2)s1. The number of thiazole rings is 1. The Hall–Kier alpha value is -1.27. The van der Waals surface area contributed by atoms with Crippen molar-refractivity contribution in [1.29, 1.82) is 0 Å². The van der Waals surface area contributed by atoms with E-state index in [1.807, 2.05) is 17.9 Å². The number of hydrogen-bond acceptors (Lipinski definition) is 5. The zero-order valence-electron chi connectivity index (χ0n) is 9.54. The quantitative estimate of drug-likeness (QED) is 0.880. The van der Waals surface area contributed by atoms with E-state index in [2.05, 4.69) is 25.3 Å². The minimum Gasteiger partial charge on any atom is -0.317 e. The largest absolute Gasteiger partial charge is 0.317 e. The third-order valence-corrected chi connectivity index (χ3v) is 3.95. The monoisotopic (exact) mass is 249 g/mol. The lowest BCUT2D eigenvalue weighted by atomic mass is 10.1. The minimum absolute atomic E-state index is 0.463. The molecule has 0 aliphatic carbocycles. The van der Waals surface area contributed by atoms with Crippen molar-refractivity contribution in [2.75, 3.05) is 13.1 Å². The van der Waals surface area contributed by atoms with E-state index in [1.54, 1.807) is 11.3 Å². The van der Waals surface area contributed by atoms with Gasteiger partial charge in [0.1, 0.15) is 5.69 Å². The summed E-state index contributed by atoms with van der Waals surface area (Å²) in [4.78, 5) is 5.27. The fourth-order valence-electron chi connectivity index (χ4n) is 2.28. The molecule has 0 bridgehead atoms. The molecule has 0 amide bonds. The van der Waals surface area contributed by atoms with Gasteiger partial charge in [-0.15, -0.1) is 16.4 Å². The topological polar surface area (TPSA) is 55.6 Å². The van der Waals surface area contributed by atoms with Gasteiger partial charge in [-0.2, -0.15) is 0 Å². The van der Waals surface area contributed by atoms with Crippen molar-refractivity contribution >= 4 is 11.3 Å². The van der Waals surface area contributed by atoms with Gasteiger partial charge in [-0.05, 0) is 32.4 Å². The fraction of sp³-hybridized carbons (Fsp3) is 0.545. The molecule has 1 saturated heterocycles. The molecule has 3 rings (SSSR count). The van der Waals surface area contributed by atoms with Crippen molar-refractivity contribution in [3.8, 4) is 10.6 Å². The van der Waals surface area contributed by atoms with Crippen LogP contribution in [0, 0.1) is 0 Å². The zero-order valence-corrected chi connectivity index (χ0v) is 10.4. The molecule has 0 saturated carbocycles. The molecule has 2 aromatic rings. The van der Waals surface area contributed by atoms with Gasteiger partial charge in [0.2, 0.25) is 0 Å². The Balaban J connectivity index is 1.90. The fourth-order valence-corrected chi connectivity index (χ4v) is 2.90. The number of hydrogen-bond donors (Lipinski definition) is 1. The number of rotatable bonds is 2. The Morgan fingerprint density at radius 2 is 2.29 bits per heavy atom. The number of aromatic nitrogens is 4. The smallest absolute Gasteiger partial charge is 0.100 e. The van der Waals surface area contributed by atoms with Gasteiger partial charge in [0, 0.05) is 6.20 Å². The predicted octanol–water partition coefficient (Wildman–Crippen LogP) is 1.72. The molecular formula is C11H15N5S. The Morgan fingerprint density at radius 1 is 1.29 bits per heavy atom. The summed E-state index contributed by atoms with van der Waals surface area (Å²) in [6.45, 7) is 2.17. The van der Waals surface area contributed by atoms with Gasteiger partial charge < -0.3 is 5.32 Å². The molecule has 1 fully saturated rings. The van der Waals surface area contributed by atoms with E-state index in [1.165, 1.54) is 12.8 Å². The molecule has 1 aliphatic heterocycles. The van der Waals surface area contributed by atoms with Crippen LogP contribution in [0.5, 0.6) is 0 Å². The summed E-state index contributed by atoms with van der Waals surface area (Å²) in [7, 11) is 0. The van der Waals surface area contributed by atoms with Gasteiger partial charge in [0.15, 0.2) is 0 Å². The highest BCUT2D eigenvalue weighted by molar-refractivity contribution is 7.13. The summed E-state index contributed by atoms with van der Waals surface area (Å²) < 4.78 is 2.07. The van der Waals surface area contributed by atoms with Crippen molar-refractivity contribution in [2.45, 2.75) is 25.3 Å². The van der Waals surface area contributed by atoms with E-state index in [0.29, 0.717) is 6.04 Å². The lowest BCUT2D eigenvalue weighted by molar-refractivity contribution is 0.409. The first-order valence-electron chi connectivity index (χ1n) is 5.95. The normalized spacial score (nSPS) is 21.3. The van der Waals surface area contributed by atoms with E-state index < -0.39 is 0 Å². The summed E-state index contributed by atoms with van der Waals surface area (Å²) in [6.07, 6.45) is 7.21. The van der Waals surface area contributed by atoms with Crippen molar-refractivity contribution in [3.05, 3.63) is 17.9 Å². The average Bonchev–Trinajstić information content (AvgIpc) is 2.95. The molecule has 1 atom stereocenters. The molecule has 1 N–H and O–H groups in total. The molecule has 0 spiro atoms. The summed E-state index contributed by atoms with van der Waals surface area (Å²) in [6, 6.07) is 0.463. The molecule has 1 unspecified atom stereocenters. The maximum atomic E-state index is 4.26. The number of nitrogens with zero attached hydrogens (tertiary/aromatic N) is 4. The Labute approximate surface area is 104 Å². The van der Waals surface area contributed by atoms with Gasteiger partial charge >= 0.3 is 0 Å². The molecule has 6 heteroatoms. The van der Waals surface area contributed by atoms with Crippen LogP contribution in [-0.2, 0) is 0 Å². The van der Waals surface area contributed by atoms with Gasteiger partial charge in [-0.25, -0.2) is 4.68 Å². The van der Waals surface area contributed by atoms with Crippen LogP contribution in [0.25, 0.3) is 10.6 Å². The van der Waals surface area contributed by atoms with Gasteiger partial charge in [0.05, 0.1) is 22.6 Å². The molecule has 0 aromatic carbocycles. The third-order valence-electron chi connectivity index (χ3n) is 3.15. The summed E-state index contributed by atoms with van der Waals surface area (Å²) >= 11 is 1.64. The molecular weight excluding hydrogens is 234 g/mol. The zero-order chi connectivity index (χ0) is 11.5. The average molecular weight is 249 g/mol. The van der Waals surface area contributed by atoms with Crippen molar-refractivity contribution in [3.63, 3.8) is 0 Å². The Bertz CT molecular complexity index is 456. The minimum atomic E-state index is 0.463. The Kier molecular flexibility index (Phi) is 3.15. The van der Waals surface area contributed by atoms with Crippen LogP contribution in [0.15, 0.2) is 17.9 Å². The van der Waals surface area contributed by atoms with Crippen LogP contribution in [0.3, 0.4) is 0 Å². The van der Waals surface area contributed by atoms with Gasteiger partial charge in [-0.1, -0.05) is 5.21 Å². The first kappa shape index (κ1) is 10.9. The van der Waals surface area contributed by atoms with Crippen molar-refractivity contribution in [1.82, 2.24) is 25.3 Å².